The molecule has 0 atom stereocenters. The number of hydrogen-bond acceptors (Lipinski definition) is 2. The Kier molecular flexibility index (Phi) is 3.38. The lowest BCUT2D eigenvalue weighted by molar-refractivity contribution is 1.02. The zero-order chi connectivity index (χ0) is 9.68. The lowest BCUT2D eigenvalue weighted by Gasteiger charge is -2.00. The molecule has 0 aliphatic rings. The Balaban J connectivity index is 2.59. The first-order valence-electron chi connectivity index (χ1n) is 4.36. The van der Waals surface area contributed by atoms with E-state index in [1.165, 1.54) is 11.8 Å². The molecule has 0 aliphatic heterocycles. The molecule has 0 heterocycles. The first-order chi connectivity index (χ1) is 6.22. The Bertz CT molecular complexity index is 298. The van der Waals surface area contributed by atoms with Gasteiger partial charge in [-0.2, -0.15) is 0 Å². The fourth-order valence-corrected chi connectivity index (χ4v) is 1.11. The Morgan fingerprint density at radius 2 is 1.92 bits per heavy atom. The van der Waals surface area contributed by atoms with Crippen LogP contribution in [0.2, 0.25) is 0 Å². The second kappa shape index (κ2) is 4.55. The standard InChI is InChI=1S/C11H14N2/c1-9(13)2-3-10-4-6-11(8-12)7-5-10/h4-8,12-13H,2-3H2,1H3. The SMILES string of the molecule is CC(=N)CCc1ccc(C=N)cc1. The highest BCUT2D eigenvalue weighted by Gasteiger charge is 1.94. The zero-order valence-corrected chi connectivity index (χ0v) is 7.80. The lowest BCUT2D eigenvalue weighted by atomic mass is 10.1. The molecule has 0 spiro atoms. The first-order valence-corrected chi connectivity index (χ1v) is 4.36. The monoisotopic (exact) mass is 174 g/mol. The molecule has 0 saturated carbocycles. The van der Waals surface area contributed by atoms with Gasteiger partial charge in [-0.25, -0.2) is 0 Å². The number of rotatable bonds is 4. The minimum absolute atomic E-state index is 0.719. The van der Waals surface area contributed by atoms with Crippen LogP contribution < -0.4 is 0 Å². The second-order valence-corrected chi connectivity index (χ2v) is 3.17. The Morgan fingerprint density at radius 3 is 2.38 bits per heavy atom. The Hall–Kier alpha value is -1.44. The van der Waals surface area contributed by atoms with E-state index in [4.69, 9.17) is 10.8 Å². The Labute approximate surface area is 78.6 Å². The van der Waals surface area contributed by atoms with Crippen molar-refractivity contribution >= 4 is 11.9 Å². The number of nitrogens with one attached hydrogen (secondary N) is 2. The topological polar surface area (TPSA) is 47.7 Å². The highest BCUT2D eigenvalue weighted by Crippen LogP contribution is 2.05. The maximum Gasteiger partial charge on any atom is 0.0250 e. The van der Waals surface area contributed by atoms with Crippen molar-refractivity contribution < 1.29 is 0 Å². The highest BCUT2D eigenvalue weighted by molar-refractivity contribution is 5.79. The summed E-state index contributed by atoms with van der Waals surface area (Å²) >= 11 is 0. The van der Waals surface area contributed by atoms with Crippen molar-refractivity contribution in [3.8, 4) is 0 Å². The molecule has 68 valence electrons. The summed E-state index contributed by atoms with van der Waals surface area (Å²) in [6.07, 6.45) is 3.09. The van der Waals surface area contributed by atoms with Gasteiger partial charge >= 0.3 is 0 Å². The third-order valence-electron chi connectivity index (χ3n) is 1.94. The van der Waals surface area contributed by atoms with Crippen LogP contribution in [0.5, 0.6) is 0 Å². The van der Waals surface area contributed by atoms with E-state index in [-0.39, 0.29) is 0 Å². The number of aryl methyl sites for hydroxylation is 1. The average molecular weight is 174 g/mol. The predicted molar refractivity (Wildman–Crippen MR) is 56.0 cm³/mol. The molecule has 0 radical (unpaired) electrons. The minimum Gasteiger partial charge on any atom is -0.310 e. The molecule has 0 aromatic heterocycles. The summed E-state index contributed by atoms with van der Waals surface area (Å²) in [6.45, 7) is 1.83. The number of benzene rings is 1. The van der Waals surface area contributed by atoms with Gasteiger partial charge in [0.05, 0.1) is 0 Å². The summed E-state index contributed by atoms with van der Waals surface area (Å²) in [7, 11) is 0. The summed E-state index contributed by atoms with van der Waals surface area (Å²) < 4.78 is 0. The molecule has 2 heteroatoms. The summed E-state index contributed by atoms with van der Waals surface area (Å²) in [6, 6.07) is 7.90. The molecule has 1 aromatic carbocycles. The maximum atomic E-state index is 7.29. The molecular formula is C11H14N2. The van der Waals surface area contributed by atoms with Gasteiger partial charge in [-0.05, 0) is 30.9 Å². The van der Waals surface area contributed by atoms with Crippen molar-refractivity contribution in [2.75, 3.05) is 0 Å². The highest BCUT2D eigenvalue weighted by atomic mass is 14.4. The van der Waals surface area contributed by atoms with Crippen LogP contribution in [0.1, 0.15) is 24.5 Å². The summed E-state index contributed by atoms with van der Waals surface area (Å²) in [5.74, 6) is 0. The fraction of sp³-hybridized carbons (Fsp3) is 0.273. The van der Waals surface area contributed by atoms with Crippen molar-refractivity contribution in [2.24, 2.45) is 0 Å². The minimum atomic E-state index is 0.719. The van der Waals surface area contributed by atoms with Gasteiger partial charge in [0.25, 0.3) is 0 Å². The van der Waals surface area contributed by atoms with Crippen LogP contribution in [0.3, 0.4) is 0 Å². The molecule has 0 aliphatic carbocycles. The van der Waals surface area contributed by atoms with E-state index in [9.17, 15) is 0 Å². The zero-order valence-electron chi connectivity index (χ0n) is 7.80. The lowest BCUT2D eigenvalue weighted by Crippen LogP contribution is -1.93. The van der Waals surface area contributed by atoms with E-state index in [1.807, 2.05) is 31.2 Å². The van der Waals surface area contributed by atoms with E-state index >= 15 is 0 Å². The van der Waals surface area contributed by atoms with Gasteiger partial charge in [0, 0.05) is 11.9 Å². The van der Waals surface area contributed by atoms with Gasteiger partial charge in [-0.1, -0.05) is 24.3 Å². The van der Waals surface area contributed by atoms with E-state index < -0.39 is 0 Å². The molecule has 1 aromatic rings. The van der Waals surface area contributed by atoms with Gasteiger partial charge in [0.15, 0.2) is 0 Å². The van der Waals surface area contributed by atoms with Crippen LogP contribution in [0, 0.1) is 10.8 Å². The van der Waals surface area contributed by atoms with Gasteiger partial charge in [0.2, 0.25) is 0 Å². The van der Waals surface area contributed by atoms with E-state index in [0.29, 0.717) is 0 Å². The van der Waals surface area contributed by atoms with Crippen molar-refractivity contribution in [3.05, 3.63) is 35.4 Å². The quantitative estimate of drug-likeness (QED) is 0.659. The maximum absolute atomic E-state index is 7.29. The van der Waals surface area contributed by atoms with Crippen molar-refractivity contribution in [1.29, 1.82) is 10.8 Å². The molecule has 0 unspecified atom stereocenters. The average Bonchev–Trinajstić information content (AvgIpc) is 2.15. The molecule has 0 bridgehead atoms. The van der Waals surface area contributed by atoms with E-state index in [0.717, 1.165) is 24.1 Å². The van der Waals surface area contributed by atoms with Crippen molar-refractivity contribution in [2.45, 2.75) is 19.8 Å². The smallest absolute Gasteiger partial charge is 0.0250 e. The Morgan fingerprint density at radius 1 is 1.31 bits per heavy atom. The molecule has 0 amide bonds. The van der Waals surface area contributed by atoms with Gasteiger partial charge in [-0.3, -0.25) is 0 Å². The third kappa shape index (κ3) is 3.20. The van der Waals surface area contributed by atoms with Gasteiger partial charge in [-0.15, -0.1) is 0 Å². The molecule has 0 saturated heterocycles. The van der Waals surface area contributed by atoms with Crippen LogP contribution in [0.4, 0.5) is 0 Å². The second-order valence-electron chi connectivity index (χ2n) is 3.17. The third-order valence-corrected chi connectivity index (χ3v) is 1.94. The van der Waals surface area contributed by atoms with Crippen LogP contribution in [0.25, 0.3) is 0 Å². The normalized spacial score (nSPS) is 9.62. The molecule has 13 heavy (non-hydrogen) atoms. The van der Waals surface area contributed by atoms with E-state index in [2.05, 4.69) is 0 Å². The number of hydrogen-bond donors (Lipinski definition) is 2. The fourth-order valence-electron chi connectivity index (χ4n) is 1.11. The molecule has 2 nitrogen and oxygen atoms in total. The summed E-state index contributed by atoms with van der Waals surface area (Å²) in [5, 5.41) is 14.3. The molecule has 2 N–H and O–H groups in total. The van der Waals surface area contributed by atoms with Gasteiger partial charge < -0.3 is 10.8 Å². The van der Waals surface area contributed by atoms with Crippen LogP contribution in [-0.2, 0) is 6.42 Å². The predicted octanol–water partition coefficient (Wildman–Crippen LogP) is 2.66. The summed E-state index contributed by atoms with van der Waals surface area (Å²) in [4.78, 5) is 0. The van der Waals surface area contributed by atoms with Crippen LogP contribution in [0.15, 0.2) is 24.3 Å². The summed E-state index contributed by atoms with van der Waals surface area (Å²) in [5.41, 5.74) is 2.88. The van der Waals surface area contributed by atoms with Crippen molar-refractivity contribution in [1.82, 2.24) is 0 Å². The molecule has 0 fully saturated rings. The first kappa shape index (κ1) is 9.65. The largest absolute Gasteiger partial charge is 0.310 e. The van der Waals surface area contributed by atoms with Crippen LogP contribution >= 0.6 is 0 Å². The molecule has 1 rings (SSSR count). The van der Waals surface area contributed by atoms with Gasteiger partial charge in [0.1, 0.15) is 0 Å². The van der Waals surface area contributed by atoms with Crippen LogP contribution in [-0.4, -0.2) is 11.9 Å². The van der Waals surface area contributed by atoms with Crippen molar-refractivity contribution in [3.63, 3.8) is 0 Å². The molecular weight excluding hydrogens is 160 g/mol. The van der Waals surface area contributed by atoms with E-state index in [1.54, 1.807) is 0 Å².